The predicted octanol–water partition coefficient (Wildman–Crippen LogP) is 4.51. The number of rotatable bonds is 4. The smallest absolute Gasteiger partial charge is 0.0611 e. The highest BCUT2D eigenvalue weighted by molar-refractivity contribution is 4.84. The van der Waals surface area contributed by atoms with Crippen molar-refractivity contribution >= 4 is 0 Å². The van der Waals surface area contributed by atoms with Crippen LogP contribution in [0.2, 0.25) is 0 Å². The summed E-state index contributed by atoms with van der Waals surface area (Å²) < 4.78 is 6.15. The number of ether oxygens (including phenoxy) is 1. The minimum absolute atomic E-state index is 0.372. The van der Waals surface area contributed by atoms with Crippen LogP contribution in [0.4, 0.5) is 0 Å². The van der Waals surface area contributed by atoms with Gasteiger partial charge in [0.15, 0.2) is 0 Å². The first kappa shape index (κ1) is 14.0. The van der Waals surface area contributed by atoms with Gasteiger partial charge in [0.25, 0.3) is 0 Å². The molecular weight excluding hydrogens is 196 g/mol. The Bertz CT molecular complexity index is 196. The molecule has 1 fully saturated rings. The quantitative estimate of drug-likeness (QED) is 0.685. The van der Waals surface area contributed by atoms with E-state index in [4.69, 9.17) is 4.74 Å². The van der Waals surface area contributed by atoms with Crippen molar-refractivity contribution in [3.63, 3.8) is 0 Å². The highest BCUT2D eigenvalue weighted by Crippen LogP contribution is 2.38. The molecule has 0 aromatic carbocycles. The molecule has 0 aliphatic heterocycles. The second kappa shape index (κ2) is 6.05. The topological polar surface area (TPSA) is 9.23 Å². The van der Waals surface area contributed by atoms with Crippen LogP contribution in [-0.2, 0) is 4.74 Å². The molecule has 1 aliphatic rings. The first-order valence-electron chi connectivity index (χ1n) is 7.07. The first-order valence-corrected chi connectivity index (χ1v) is 7.07. The van der Waals surface area contributed by atoms with Crippen molar-refractivity contribution in [3.05, 3.63) is 0 Å². The van der Waals surface area contributed by atoms with E-state index in [1.165, 1.54) is 19.3 Å². The molecule has 1 heteroatoms. The second-order valence-electron chi connectivity index (χ2n) is 6.45. The van der Waals surface area contributed by atoms with Crippen LogP contribution in [-0.4, -0.2) is 12.2 Å². The lowest BCUT2D eigenvalue weighted by atomic mass is 9.71. The van der Waals surface area contributed by atoms with Gasteiger partial charge in [-0.3, -0.25) is 0 Å². The van der Waals surface area contributed by atoms with Gasteiger partial charge in [-0.1, -0.05) is 27.7 Å². The predicted molar refractivity (Wildman–Crippen MR) is 70.5 cm³/mol. The number of hydrogen-bond acceptors (Lipinski definition) is 1. The van der Waals surface area contributed by atoms with E-state index < -0.39 is 0 Å². The molecule has 16 heavy (non-hydrogen) atoms. The summed E-state index contributed by atoms with van der Waals surface area (Å²) in [6, 6.07) is 0. The zero-order chi connectivity index (χ0) is 12.3. The molecular formula is C15H30O. The van der Waals surface area contributed by atoms with Gasteiger partial charge in [-0.25, -0.2) is 0 Å². The average Bonchev–Trinajstić information content (AvgIpc) is 2.15. The molecule has 0 radical (unpaired) electrons. The third-order valence-electron chi connectivity index (χ3n) is 4.13. The van der Waals surface area contributed by atoms with Crippen LogP contribution >= 0.6 is 0 Å². The molecule has 0 heterocycles. The SMILES string of the molecule is CC(C)OC1CC(C(C)C)CCC1C(C)C. The van der Waals surface area contributed by atoms with Gasteiger partial charge in [-0.15, -0.1) is 0 Å². The molecule has 0 N–H and O–H groups in total. The van der Waals surface area contributed by atoms with Crippen LogP contribution in [0.25, 0.3) is 0 Å². The Hall–Kier alpha value is -0.0400. The molecule has 0 amide bonds. The second-order valence-corrected chi connectivity index (χ2v) is 6.45. The fourth-order valence-electron chi connectivity index (χ4n) is 3.06. The van der Waals surface area contributed by atoms with Crippen LogP contribution in [0, 0.1) is 23.7 Å². The van der Waals surface area contributed by atoms with E-state index in [-0.39, 0.29) is 0 Å². The summed E-state index contributed by atoms with van der Waals surface area (Å²) in [5.41, 5.74) is 0. The molecule has 1 saturated carbocycles. The minimum Gasteiger partial charge on any atom is -0.375 e. The van der Waals surface area contributed by atoms with E-state index in [1.54, 1.807) is 0 Å². The van der Waals surface area contributed by atoms with Gasteiger partial charge in [0, 0.05) is 0 Å². The summed E-state index contributed by atoms with van der Waals surface area (Å²) >= 11 is 0. The van der Waals surface area contributed by atoms with Crippen LogP contribution < -0.4 is 0 Å². The Morgan fingerprint density at radius 1 is 0.875 bits per heavy atom. The molecule has 0 bridgehead atoms. The molecule has 1 rings (SSSR count). The van der Waals surface area contributed by atoms with Gasteiger partial charge < -0.3 is 4.74 Å². The van der Waals surface area contributed by atoms with Crippen molar-refractivity contribution in [1.82, 2.24) is 0 Å². The van der Waals surface area contributed by atoms with Crippen molar-refractivity contribution in [2.75, 3.05) is 0 Å². The maximum atomic E-state index is 6.15. The van der Waals surface area contributed by atoms with Crippen molar-refractivity contribution in [2.24, 2.45) is 23.7 Å². The summed E-state index contributed by atoms with van der Waals surface area (Å²) in [7, 11) is 0. The van der Waals surface area contributed by atoms with Crippen LogP contribution in [0.5, 0.6) is 0 Å². The van der Waals surface area contributed by atoms with Gasteiger partial charge in [0.05, 0.1) is 12.2 Å². The van der Waals surface area contributed by atoms with Gasteiger partial charge in [-0.2, -0.15) is 0 Å². The normalized spacial score (nSPS) is 31.7. The lowest BCUT2D eigenvalue weighted by Crippen LogP contribution is -2.37. The molecule has 0 aromatic rings. The van der Waals surface area contributed by atoms with Crippen LogP contribution in [0.3, 0.4) is 0 Å². The third-order valence-corrected chi connectivity index (χ3v) is 4.13. The van der Waals surface area contributed by atoms with E-state index in [1.807, 2.05) is 0 Å². The summed E-state index contributed by atoms with van der Waals surface area (Å²) in [6.07, 6.45) is 4.91. The van der Waals surface area contributed by atoms with Gasteiger partial charge >= 0.3 is 0 Å². The van der Waals surface area contributed by atoms with E-state index in [0.717, 1.165) is 23.7 Å². The third kappa shape index (κ3) is 3.76. The Balaban J connectivity index is 2.61. The highest BCUT2D eigenvalue weighted by atomic mass is 16.5. The Kier molecular flexibility index (Phi) is 5.30. The molecule has 1 nitrogen and oxygen atoms in total. The molecule has 96 valence electrons. The highest BCUT2D eigenvalue weighted by Gasteiger charge is 2.34. The summed E-state index contributed by atoms with van der Waals surface area (Å²) in [5.74, 6) is 3.22. The number of hydrogen-bond donors (Lipinski definition) is 0. The van der Waals surface area contributed by atoms with Crippen LogP contribution in [0.1, 0.15) is 60.8 Å². The Morgan fingerprint density at radius 3 is 1.94 bits per heavy atom. The summed E-state index contributed by atoms with van der Waals surface area (Å²) in [4.78, 5) is 0. The maximum absolute atomic E-state index is 6.15. The zero-order valence-electron chi connectivity index (χ0n) is 12.0. The van der Waals surface area contributed by atoms with E-state index in [9.17, 15) is 0 Å². The van der Waals surface area contributed by atoms with E-state index in [0.29, 0.717) is 12.2 Å². The zero-order valence-corrected chi connectivity index (χ0v) is 12.0. The monoisotopic (exact) mass is 226 g/mol. The molecule has 0 aromatic heterocycles. The molecule has 0 saturated heterocycles. The lowest BCUT2D eigenvalue weighted by molar-refractivity contribution is -0.0739. The first-order chi connectivity index (χ1) is 7.41. The van der Waals surface area contributed by atoms with E-state index >= 15 is 0 Å². The summed E-state index contributed by atoms with van der Waals surface area (Å²) in [6.45, 7) is 13.7. The van der Waals surface area contributed by atoms with Crippen molar-refractivity contribution < 1.29 is 4.74 Å². The Morgan fingerprint density at radius 2 is 1.50 bits per heavy atom. The molecule has 3 atom stereocenters. The van der Waals surface area contributed by atoms with E-state index in [2.05, 4.69) is 41.5 Å². The molecule has 0 spiro atoms. The van der Waals surface area contributed by atoms with Crippen molar-refractivity contribution in [1.29, 1.82) is 0 Å². The molecule has 1 aliphatic carbocycles. The standard InChI is InChI=1S/C15H30O/c1-10(2)13-7-8-14(11(3)4)15(9-13)16-12(5)6/h10-15H,7-9H2,1-6H3. The van der Waals surface area contributed by atoms with Gasteiger partial charge in [0.1, 0.15) is 0 Å². The van der Waals surface area contributed by atoms with Gasteiger partial charge in [0.2, 0.25) is 0 Å². The van der Waals surface area contributed by atoms with Crippen molar-refractivity contribution in [3.8, 4) is 0 Å². The maximum Gasteiger partial charge on any atom is 0.0611 e. The largest absolute Gasteiger partial charge is 0.375 e. The fourth-order valence-corrected chi connectivity index (χ4v) is 3.06. The fraction of sp³-hybridized carbons (Fsp3) is 1.00. The minimum atomic E-state index is 0.372. The van der Waals surface area contributed by atoms with Crippen molar-refractivity contribution in [2.45, 2.75) is 73.0 Å². The average molecular weight is 226 g/mol. The summed E-state index contributed by atoms with van der Waals surface area (Å²) in [5, 5.41) is 0. The molecule has 3 unspecified atom stereocenters. The van der Waals surface area contributed by atoms with Gasteiger partial charge in [-0.05, 0) is 56.8 Å². The Labute approximate surface area is 102 Å². The lowest BCUT2D eigenvalue weighted by Gasteiger charge is -2.40. The van der Waals surface area contributed by atoms with Crippen LogP contribution in [0.15, 0.2) is 0 Å².